The van der Waals surface area contributed by atoms with E-state index in [4.69, 9.17) is 18.9 Å². The Morgan fingerprint density at radius 3 is 1.47 bits per heavy atom. The Labute approximate surface area is 188 Å². The first kappa shape index (κ1) is 23.2. The van der Waals surface area contributed by atoms with Gasteiger partial charge >= 0.3 is 0 Å². The van der Waals surface area contributed by atoms with Crippen LogP contribution in [0.25, 0.3) is 0 Å². The zero-order chi connectivity index (χ0) is 22.8. The second kappa shape index (κ2) is 11.8. The number of amides is 2. The number of methoxy groups -OCH3 is 2. The Bertz CT molecular complexity index is 830. The van der Waals surface area contributed by atoms with Gasteiger partial charge in [-0.3, -0.25) is 9.59 Å². The van der Waals surface area contributed by atoms with Crippen LogP contribution in [0.4, 0.5) is 0 Å². The van der Waals surface area contributed by atoms with Crippen molar-refractivity contribution < 1.29 is 28.5 Å². The third-order valence-electron chi connectivity index (χ3n) is 5.31. The molecule has 2 atom stereocenters. The van der Waals surface area contributed by atoms with Crippen molar-refractivity contribution >= 4 is 11.8 Å². The van der Waals surface area contributed by atoms with E-state index in [0.29, 0.717) is 23.0 Å². The summed E-state index contributed by atoms with van der Waals surface area (Å²) in [6, 6.07) is 14.0. The summed E-state index contributed by atoms with van der Waals surface area (Å²) in [7, 11) is 3.10. The molecule has 3 rings (SSSR count). The molecule has 0 radical (unpaired) electrons. The molecule has 2 amide bonds. The predicted octanol–water partition coefficient (Wildman–Crippen LogP) is 2.71. The Balaban J connectivity index is 1.49. The number of carbonyl (C=O) groups excluding carboxylic acids is 2. The lowest BCUT2D eigenvalue weighted by atomic mass is 9.90. The highest BCUT2D eigenvalue weighted by Gasteiger charge is 2.28. The smallest absolute Gasteiger partial charge is 0.258 e. The lowest BCUT2D eigenvalue weighted by Gasteiger charge is -2.32. The molecule has 32 heavy (non-hydrogen) atoms. The van der Waals surface area contributed by atoms with Crippen molar-refractivity contribution in [3.8, 4) is 23.0 Å². The maximum absolute atomic E-state index is 12.5. The summed E-state index contributed by atoms with van der Waals surface area (Å²) >= 11 is 0. The molecule has 0 aliphatic heterocycles. The van der Waals surface area contributed by atoms with Gasteiger partial charge in [-0.1, -0.05) is 37.1 Å². The molecule has 8 heteroatoms. The van der Waals surface area contributed by atoms with Crippen molar-refractivity contribution in [1.82, 2.24) is 10.6 Å². The Morgan fingerprint density at radius 2 is 1.09 bits per heavy atom. The van der Waals surface area contributed by atoms with Crippen LogP contribution in [0.5, 0.6) is 23.0 Å². The minimum Gasteiger partial charge on any atom is -0.493 e. The molecule has 2 aromatic carbocycles. The molecule has 0 saturated heterocycles. The molecule has 0 aromatic heterocycles. The summed E-state index contributed by atoms with van der Waals surface area (Å²) in [5.74, 6) is 1.66. The van der Waals surface area contributed by atoms with Crippen LogP contribution in [0.15, 0.2) is 48.5 Å². The lowest BCUT2D eigenvalue weighted by Crippen LogP contribution is -2.54. The number of carbonyl (C=O) groups is 2. The van der Waals surface area contributed by atoms with Gasteiger partial charge in [0, 0.05) is 12.1 Å². The van der Waals surface area contributed by atoms with Gasteiger partial charge in [-0.05, 0) is 37.1 Å². The normalized spacial score (nSPS) is 17.7. The van der Waals surface area contributed by atoms with E-state index in [-0.39, 0.29) is 37.1 Å². The standard InChI is InChI=1S/C24H30N2O6/c1-29-19-11-5-7-13-21(19)31-15-23(27)25-17-9-3-4-10-18(17)26-24(28)16-32-22-14-8-6-12-20(22)30-2/h5-8,11-14,17-18H,3-4,9-10,15-16H2,1-2H3,(H,25,27)(H,26,28). The molecule has 0 bridgehead atoms. The lowest BCUT2D eigenvalue weighted by molar-refractivity contribution is -0.127. The van der Waals surface area contributed by atoms with Gasteiger partial charge in [0.15, 0.2) is 36.2 Å². The SMILES string of the molecule is COc1ccccc1OCC(=O)NC1CCCCC1NC(=O)COc1ccccc1OC. The second-order valence-electron chi connectivity index (χ2n) is 7.51. The molecule has 0 spiro atoms. The maximum Gasteiger partial charge on any atom is 0.258 e. The first-order chi connectivity index (χ1) is 15.6. The number of benzene rings is 2. The van der Waals surface area contributed by atoms with E-state index in [2.05, 4.69) is 10.6 Å². The Hall–Kier alpha value is -3.42. The third kappa shape index (κ3) is 6.54. The molecule has 1 fully saturated rings. The molecule has 2 aromatic rings. The first-order valence-corrected chi connectivity index (χ1v) is 10.7. The topological polar surface area (TPSA) is 95.1 Å². The average molecular weight is 443 g/mol. The second-order valence-corrected chi connectivity index (χ2v) is 7.51. The van der Waals surface area contributed by atoms with Crippen LogP contribution in [-0.4, -0.2) is 51.3 Å². The van der Waals surface area contributed by atoms with Crippen LogP contribution in [0.2, 0.25) is 0 Å². The number of para-hydroxylation sites is 4. The zero-order valence-electron chi connectivity index (χ0n) is 18.5. The van der Waals surface area contributed by atoms with Gasteiger partial charge in [0.1, 0.15) is 0 Å². The highest BCUT2D eigenvalue weighted by atomic mass is 16.5. The molecule has 0 heterocycles. The summed E-state index contributed by atoms with van der Waals surface area (Å²) in [6.07, 6.45) is 3.56. The molecular weight excluding hydrogens is 412 g/mol. The van der Waals surface area contributed by atoms with Crippen molar-refractivity contribution in [3.05, 3.63) is 48.5 Å². The van der Waals surface area contributed by atoms with Gasteiger partial charge in [-0.2, -0.15) is 0 Å². The first-order valence-electron chi connectivity index (χ1n) is 10.7. The van der Waals surface area contributed by atoms with Gasteiger partial charge in [-0.15, -0.1) is 0 Å². The Morgan fingerprint density at radius 1 is 0.719 bits per heavy atom. The fourth-order valence-electron chi connectivity index (χ4n) is 3.74. The van der Waals surface area contributed by atoms with Crippen LogP contribution >= 0.6 is 0 Å². The molecule has 172 valence electrons. The number of rotatable bonds is 10. The number of hydrogen-bond acceptors (Lipinski definition) is 6. The van der Waals surface area contributed by atoms with Gasteiger partial charge in [0.25, 0.3) is 11.8 Å². The minimum atomic E-state index is -0.243. The van der Waals surface area contributed by atoms with E-state index in [1.165, 1.54) is 0 Å². The van der Waals surface area contributed by atoms with Crippen molar-refractivity contribution in [2.24, 2.45) is 0 Å². The van der Waals surface area contributed by atoms with Gasteiger partial charge < -0.3 is 29.6 Å². The number of ether oxygens (including phenoxy) is 4. The van der Waals surface area contributed by atoms with Crippen molar-refractivity contribution in [1.29, 1.82) is 0 Å². The summed E-state index contributed by atoms with van der Waals surface area (Å²) in [5.41, 5.74) is 0. The highest BCUT2D eigenvalue weighted by molar-refractivity contribution is 5.79. The fraction of sp³-hybridized carbons (Fsp3) is 0.417. The van der Waals surface area contributed by atoms with Gasteiger partial charge in [0.05, 0.1) is 14.2 Å². The van der Waals surface area contributed by atoms with E-state index >= 15 is 0 Å². The van der Waals surface area contributed by atoms with E-state index < -0.39 is 0 Å². The largest absolute Gasteiger partial charge is 0.493 e. The molecule has 1 aliphatic rings. The zero-order valence-corrected chi connectivity index (χ0v) is 18.5. The predicted molar refractivity (Wildman–Crippen MR) is 119 cm³/mol. The Kier molecular flexibility index (Phi) is 8.60. The van der Waals surface area contributed by atoms with Crippen LogP contribution in [0, 0.1) is 0 Å². The quantitative estimate of drug-likeness (QED) is 0.588. The van der Waals surface area contributed by atoms with Gasteiger partial charge in [-0.25, -0.2) is 0 Å². The molecular formula is C24H30N2O6. The van der Waals surface area contributed by atoms with E-state index in [1.54, 1.807) is 38.5 Å². The molecule has 8 nitrogen and oxygen atoms in total. The highest BCUT2D eigenvalue weighted by Crippen LogP contribution is 2.26. The summed E-state index contributed by atoms with van der Waals surface area (Å²) in [6.45, 7) is -0.261. The molecule has 1 aliphatic carbocycles. The van der Waals surface area contributed by atoms with E-state index in [1.807, 2.05) is 24.3 Å². The van der Waals surface area contributed by atoms with Crippen molar-refractivity contribution in [2.75, 3.05) is 27.4 Å². The van der Waals surface area contributed by atoms with Crippen LogP contribution < -0.4 is 29.6 Å². The minimum absolute atomic E-state index is 0.131. The average Bonchev–Trinajstić information content (AvgIpc) is 2.83. The van der Waals surface area contributed by atoms with Crippen LogP contribution in [0.1, 0.15) is 25.7 Å². The monoisotopic (exact) mass is 442 g/mol. The summed E-state index contributed by atoms with van der Waals surface area (Å²) in [5, 5.41) is 5.99. The number of hydrogen-bond donors (Lipinski definition) is 2. The van der Waals surface area contributed by atoms with Crippen molar-refractivity contribution in [2.45, 2.75) is 37.8 Å². The molecule has 2 unspecified atom stereocenters. The van der Waals surface area contributed by atoms with E-state index in [0.717, 1.165) is 25.7 Å². The molecule has 1 saturated carbocycles. The van der Waals surface area contributed by atoms with Gasteiger partial charge in [0.2, 0.25) is 0 Å². The summed E-state index contributed by atoms with van der Waals surface area (Å²) < 4.78 is 21.7. The summed E-state index contributed by atoms with van der Waals surface area (Å²) in [4.78, 5) is 24.9. The van der Waals surface area contributed by atoms with E-state index in [9.17, 15) is 9.59 Å². The fourth-order valence-corrected chi connectivity index (χ4v) is 3.74. The van der Waals surface area contributed by atoms with Crippen molar-refractivity contribution in [3.63, 3.8) is 0 Å². The maximum atomic E-state index is 12.5. The number of nitrogens with one attached hydrogen (secondary N) is 2. The van der Waals surface area contributed by atoms with Crippen LogP contribution in [0.3, 0.4) is 0 Å². The third-order valence-corrected chi connectivity index (χ3v) is 5.31. The molecule has 2 N–H and O–H groups in total. The van der Waals surface area contributed by atoms with Crippen LogP contribution in [-0.2, 0) is 9.59 Å².